The zero-order chi connectivity index (χ0) is 15.3. The van der Waals surface area contributed by atoms with E-state index in [1.54, 1.807) is 7.05 Å². The molecule has 2 N–H and O–H groups in total. The van der Waals surface area contributed by atoms with E-state index in [4.69, 9.17) is 0 Å². The molecule has 1 atom stereocenters. The van der Waals surface area contributed by atoms with Crippen LogP contribution in [-0.2, 0) is 17.6 Å². The summed E-state index contributed by atoms with van der Waals surface area (Å²) in [6.07, 6.45) is 5.91. The number of aliphatic carboxylic acids is 1. The molecule has 1 aromatic rings. The van der Waals surface area contributed by atoms with Gasteiger partial charge in [-0.15, -0.1) is 11.8 Å². The Hall–Kier alpha value is -1.00. The normalized spacial score (nSPS) is 16.5. The highest BCUT2D eigenvalue weighted by molar-refractivity contribution is 7.99. The number of likely N-dealkylation sites (N-methyl/N-ethyl adjacent to an activating group) is 1. The average Bonchev–Trinajstić information content (AvgIpc) is 2.95. The molecular weight excluding hydrogens is 282 g/mol. The van der Waals surface area contributed by atoms with Crippen LogP contribution in [0.4, 0.5) is 0 Å². The number of nitrogens with one attached hydrogen (secondary N) is 1. The summed E-state index contributed by atoms with van der Waals surface area (Å²) in [5.74, 6) is 0.227. The smallest absolute Gasteiger partial charge is 0.323 e. The third-order valence-electron chi connectivity index (χ3n) is 4.58. The Bertz CT molecular complexity index is 498. The second-order valence-corrected chi connectivity index (χ2v) is 6.90. The predicted octanol–water partition coefficient (Wildman–Crippen LogP) is 3.50. The van der Waals surface area contributed by atoms with Crippen molar-refractivity contribution in [1.29, 1.82) is 0 Å². The minimum absolute atomic E-state index is 0.613. The van der Waals surface area contributed by atoms with Crippen LogP contribution in [0.3, 0.4) is 0 Å². The number of aryl methyl sites for hydroxylation is 2. The first-order valence-corrected chi connectivity index (χ1v) is 8.77. The molecule has 0 amide bonds. The van der Waals surface area contributed by atoms with E-state index in [2.05, 4.69) is 23.5 Å². The maximum atomic E-state index is 11.4. The summed E-state index contributed by atoms with van der Waals surface area (Å²) in [5.41, 5.74) is 2.24. The molecule has 0 heterocycles. The number of carboxylic acids is 1. The number of hydrogen-bond donors (Lipinski definition) is 2. The zero-order valence-electron chi connectivity index (χ0n) is 12.9. The molecule has 3 nitrogen and oxygen atoms in total. The Morgan fingerprint density at radius 3 is 2.81 bits per heavy atom. The number of carbonyl (C=O) groups is 1. The van der Waals surface area contributed by atoms with Gasteiger partial charge in [0.1, 0.15) is 5.54 Å². The lowest BCUT2D eigenvalue weighted by Crippen LogP contribution is -2.49. The molecule has 0 radical (unpaired) electrons. The molecule has 116 valence electrons. The minimum Gasteiger partial charge on any atom is -0.480 e. The third-order valence-corrected chi connectivity index (χ3v) is 5.66. The summed E-state index contributed by atoms with van der Waals surface area (Å²) in [5, 5.41) is 12.4. The molecule has 0 aromatic heterocycles. The fraction of sp³-hybridized carbons (Fsp3) is 0.588. The van der Waals surface area contributed by atoms with Crippen molar-refractivity contribution in [2.24, 2.45) is 0 Å². The van der Waals surface area contributed by atoms with Gasteiger partial charge in [0.25, 0.3) is 0 Å². The van der Waals surface area contributed by atoms with Crippen LogP contribution in [-0.4, -0.2) is 29.4 Å². The summed E-state index contributed by atoms with van der Waals surface area (Å²) in [7, 11) is 1.74. The van der Waals surface area contributed by atoms with Gasteiger partial charge in [0, 0.05) is 4.90 Å². The van der Waals surface area contributed by atoms with Crippen molar-refractivity contribution in [3.8, 4) is 0 Å². The van der Waals surface area contributed by atoms with Crippen molar-refractivity contribution < 1.29 is 9.90 Å². The van der Waals surface area contributed by atoms with E-state index in [1.807, 2.05) is 18.7 Å². The highest BCUT2D eigenvalue weighted by atomic mass is 32.2. The van der Waals surface area contributed by atoms with Crippen LogP contribution >= 0.6 is 11.8 Å². The summed E-state index contributed by atoms with van der Waals surface area (Å²) in [6.45, 7) is 1.93. The topological polar surface area (TPSA) is 49.3 Å². The first-order chi connectivity index (χ1) is 10.1. The molecule has 0 spiro atoms. The first kappa shape index (κ1) is 16.4. The Labute approximate surface area is 131 Å². The van der Waals surface area contributed by atoms with Crippen LogP contribution in [0.1, 0.15) is 43.7 Å². The van der Waals surface area contributed by atoms with E-state index in [-0.39, 0.29) is 0 Å². The molecule has 0 saturated carbocycles. The van der Waals surface area contributed by atoms with Gasteiger partial charge in [-0.2, -0.15) is 0 Å². The van der Waals surface area contributed by atoms with E-state index in [1.165, 1.54) is 35.3 Å². The largest absolute Gasteiger partial charge is 0.480 e. The van der Waals surface area contributed by atoms with E-state index in [0.29, 0.717) is 12.8 Å². The van der Waals surface area contributed by atoms with Crippen LogP contribution in [0.2, 0.25) is 0 Å². The number of carboxylic acid groups (broad SMARTS) is 1. The van der Waals surface area contributed by atoms with Gasteiger partial charge in [-0.05, 0) is 74.6 Å². The molecule has 1 aliphatic rings. The Morgan fingerprint density at radius 1 is 1.38 bits per heavy atom. The molecule has 0 saturated heterocycles. The quantitative estimate of drug-likeness (QED) is 0.570. The van der Waals surface area contributed by atoms with E-state index >= 15 is 0 Å². The van der Waals surface area contributed by atoms with Crippen molar-refractivity contribution in [2.75, 3.05) is 12.8 Å². The van der Waals surface area contributed by atoms with Gasteiger partial charge < -0.3 is 10.4 Å². The molecule has 1 aliphatic carbocycles. The second-order valence-electron chi connectivity index (χ2n) is 5.73. The molecule has 0 bridgehead atoms. The van der Waals surface area contributed by atoms with Crippen molar-refractivity contribution in [1.82, 2.24) is 5.32 Å². The summed E-state index contributed by atoms with van der Waals surface area (Å²) in [6, 6.07) is 6.78. The molecule has 1 aromatic carbocycles. The van der Waals surface area contributed by atoms with E-state index in [0.717, 1.165) is 12.2 Å². The van der Waals surface area contributed by atoms with Crippen molar-refractivity contribution in [3.05, 3.63) is 29.3 Å². The van der Waals surface area contributed by atoms with E-state index in [9.17, 15) is 9.90 Å². The monoisotopic (exact) mass is 307 g/mol. The number of thioether (sulfide) groups is 1. The van der Waals surface area contributed by atoms with Crippen LogP contribution < -0.4 is 5.32 Å². The van der Waals surface area contributed by atoms with Gasteiger partial charge in [0.2, 0.25) is 0 Å². The van der Waals surface area contributed by atoms with Gasteiger partial charge >= 0.3 is 5.97 Å². The molecule has 0 fully saturated rings. The lowest BCUT2D eigenvalue weighted by molar-refractivity contribution is -0.145. The second kappa shape index (κ2) is 7.32. The number of fused-ring (bicyclic) bond motifs is 1. The van der Waals surface area contributed by atoms with Crippen molar-refractivity contribution in [2.45, 2.75) is 55.9 Å². The average molecular weight is 307 g/mol. The van der Waals surface area contributed by atoms with Gasteiger partial charge in [-0.1, -0.05) is 13.0 Å². The van der Waals surface area contributed by atoms with Gasteiger partial charge in [-0.3, -0.25) is 4.79 Å². The Kier molecular flexibility index (Phi) is 5.71. The predicted molar refractivity (Wildman–Crippen MR) is 88.1 cm³/mol. The van der Waals surface area contributed by atoms with Crippen molar-refractivity contribution in [3.63, 3.8) is 0 Å². The molecule has 0 aliphatic heterocycles. The number of benzene rings is 1. The van der Waals surface area contributed by atoms with Gasteiger partial charge in [0.15, 0.2) is 0 Å². The summed E-state index contributed by atoms with van der Waals surface area (Å²) < 4.78 is 0. The fourth-order valence-corrected chi connectivity index (χ4v) is 3.96. The van der Waals surface area contributed by atoms with Crippen LogP contribution in [0.25, 0.3) is 0 Å². The lowest BCUT2D eigenvalue weighted by Gasteiger charge is -2.27. The number of rotatable bonds is 8. The molecule has 21 heavy (non-hydrogen) atoms. The molecule has 2 rings (SSSR count). The standard InChI is InChI=1S/C17H25NO2S/c1-3-17(18-2,16(19)20)10-5-11-21-15-9-8-13-6-4-7-14(13)12-15/h8-9,12,18H,3-7,10-11H2,1-2H3,(H,19,20). The van der Waals surface area contributed by atoms with Crippen LogP contribution in [0.5, 0.6) is 0 Å². The van der Waals surface area contributed by atoms with E-state index < -0.39 is 11.5 Å². The lowest BCUT2D eigenvalue weighted by atomic mass is 9.91. The first-order valence-electron chi connectivity index (χ1n) is 7.78. The molecule has 1 unspecified atom stereocenters. The zero-order valence-corrected chi connectivity index (χ0v) is 13.8. The maximum absolute atomic E-state index is 11.4. The third kappa shape index (κ3) is 3.80. The highest BCUT2D eigenvalue weighted by Crippen LogP contribution is 2.28. The Balaban J connectivity index is 1.83. The number of hydrogen-bond acceptors (Lipinski definition) is 3. The summed E-state index contributed by atoms with van der Waals surface area (Å²) >= 11 is 1.84. The molecule has 4 heteroatoms. The SMILES string of the molecule is CCC(CCCSc1ccc2c(c1)CCC2)(NC)C(=O)O. The van der Waals surface area contributed by atoms with Crippen molar-refractivity contribution >= 4 is 17.7 Å². The maximum Gasteiger partial charge on any atom is 0.323 e. The van der Waals surface area contributed by atoms with Crippen LogP contribution in [0, 0.1) is 0 Å². The minimum atomic E-state index is -0.765. The van der Waals surface area contributed by atoms with Gasteiger partial charge in [-0.25, -0.2) is 0 Å². The fourth-order valence-electron chi connectivity index (χ4n) is 3.05. The summed E-state index contributed by atoms with van der Waals surface area (Å²) in [4.78, 5) is 12.7. The molecular formula is C17H25NO2S. The van der Waals surface area contributed by atoms with Crippen LogP contribution in [0.15, 0.2) is 23.1 Å². The van der Waals surface area contributed by atoms with Gasteiger partial charge in [0.05, 0.1) is 0 Å². The Morgan fingerprint density at radius 2 is 2.14 bits per heavy atom. The highest BCUT2D eigenvalue weighted by Gasteiger charge is 2.33.